The first-order valence-electron chi connectivity index (χ1n) is 9.73. The highest BCUT2D eigenvalue weighted by Gasteiger charge is 2.33. The minimum absolute atomic E-state index is 0.00293. The first-order chi connectivity index (χ1) is 13.8. The normalized spacial score (nSPS) is 19.9. The Kier molecular flexibility index (Phi) is 5.26. The minimum Gasteiger partial charge on any atom is -0.332 e. The smallest absolute Gasteiger partial charge is 0.254 e. The third kappa shape index (κ3) is 4.11. The molecule has 0 radical (unpaired) electrons. The lowest BCUT2D eigenvalue weighted by molar-refractivity contribution is -0.131. The van der Waals surface area contributed by atoms with E-state index < -0.39 is 10.0 Å². The van der Waals surface area contributed by atoms with Crippen LogP contribution in [-0.2, 0) is 34.2 Å². The first kappa shape index (κ1) is 19.8. The van der Waals surface area contributed by atoms with Gasteiger partial charge in [-0.3, -0.25) is 9.59 Å². The summed E-state index contributed by atoms with van der Waals surface area (Å²) in [5.41, 5.74) is 1.73. The molecule has 0 spiro atoms. The molecule has 1 aromatic heterocycles. The van der Waals surface area contributed by atoms with Crippen molar-refractivity contribution in [2.75, 3.05) is 19.3 Å². The number of amides is 1. The van der Waals surface area contributed by atoms with Gasteiger partial charge in [-0.15, -0.1) is 0 Å². The molecular formula is C20H24N4O4S. The Balaban J connectivity index is 1.60. The molecule has 1 N–H and O–H groups in total. The number of hydrogen-bond donors (Lipinski definition) is 1. The predicted octanol–water partition coefficient (Wildman–Crippen LogP) is 0.994. The highest BCUT2D eigenvalue weighted by molar-refractivity contribution is 7.88. The molecule has 8 nitrogen and oxygen atoms in total. The molecule has 9 heteroatoms. The molecular weight excluding hydrogens is 392 g/mol. The van der Waals surface area contributed by atoms with Gasteiger partial charge in [0.05, 0.1) is 31.0 Å². The Hall–Kier alpha value is -2.52. The summed E-state index contributed by atoms with van der Waals surface area (Å²) in [6.45, 7) is 0.990. The van der Waals surface area contributed by atoms with Crippen LogP contribution in [0.1, 0.15) is 41.5 Å². The Morgan fingerprint density at radius 1 is 1.24 bits per heavy atom. The third-order valence-corrected chi connectivity index (χ3v) is 6.86. The number of benzene rings is 1. The molecule has 2 aliphatic heterocycles. The Bertz CT molecular complexity index is 1080. The number of nitrogens with one attached hydrogen (secondary N) is 1. The fourth-order valence-corrected chi connectivity index (χ4v) is 4.88. The summed E-state index contributed by atoms with van der Waals surface area (Å²) < 4.78 is 25.1. The van der Waals surface area contributed by atoms with Crippen molar-refractivity contribution in [1.29, 1.82) is 0 Å². The van der Waals surface area contributed by atoms with E-state index in [1.165, 1.54) is 4.31 Å². The molecule has 0 bridgehead atoms. The zero-order valence-electron chi connectivity index (χ0n) is 16.3. The summed E-state index contributed by atoms with van der Waals surface area (Å²) in [4.78, 5) is 34.7. The van der Waals surface area contributed by atoms with E-state index in [1.807, 2.05) is 30.3 Å². The fraction of sp³-hybridized carbons (Fsp3) is 0.450. The third-order valence-electron chi connectivity index (χ3n) is 5.61. The van der Waals surface area contributed by atoms with E-state index in [2.05, 4.69) is 9.97 Å². The summed E-state index contributed by atoms with van der Waals surface area (Å²) >= 11 is 0. The number of fused-ring (bicyclic) bond motifs is 1. The van der Waals surface area contributed by atoms with Crippen LogP contribution in [0.4, 0.5) is 0 Å². The number of aromatic amines is 1. The van der Waals surface area contributed by atoms with Gasteiger partial charge in [0, 0.05) is 18.7 Å². The van der Waals surface area contributed by atoms with E-state index in [1.54, 1.807) is 4.90 Å². The second kappa shape index (κ2) is 7.72. The van der Waals surface area contributed by atoms with Gasteiger partial charge in [0.1, 0.15) is 5.82 Å². The average Bonchev–Trinajstić information content (AvgIpc) is 3.17. The first-order valence-corrected chi connectivity index (χ1v) is 11.6. The lowest BCUT2D eigenvalue weighted by Crippen LogP contribution is -2.40. The number of likely N-dealkylation sites (tertiary alicyclic amines) is 1. The fourth-order valence-electron chi connectivity index (χ4n) is 4.10. The van der Waals surface area contributed by atoms with E-state index in [9.17, 15) is 18.0 Å². The quantitative estimate of drug-likeness (QED) is 0.801. The van der Waals surface area contributed by atoms with Gasteiger partial charge in [0.15, 0.2) is 0 Å². The molecule has 0 aliphatic carbocycles. The SMILES string of the molecule is CS(=O)(=O)N1CCc2c(nc([C@H]3CCCN3C(=O)Cc3ccccc3)[nH]c2=O)C1. The van der Waals surface area contributed by atoms with E-state index in [0.29, 0.717) is 36.5 Å². The number of nitrogens with zero attached hydrogens (tertiary/aromatic N) is 3. The van der Waals surface area contributed by atoms with Gasteiger partial charge in [-0.2, -0.15) is 4.31 Å². The summed E-state index contributed by atoms with van der Waals surface area (Å²) in [6, 6.07) is 9.26. The molecule has 2 aromatic rings. The van der Waals surface area contributed by atoms with Crippen LogP contribution < -0.4 is 5.56 Å². The molecule has 4 rings (SSSR count). The molecule has 0 unspecified atom stereocenters. The maximum Gasteiger partial charge on any atom is 0.254 e. The Labute approximate surface area is 169 Å². The lowest BCUT2D eigenvalue weighted by Gasteiger charge is -2.28. The van der Waals surface area contributed by atoms with Gasteiger partial charge in [-0.05, 0) is 24.8 Å². The molecule has 29 heavy (non-hydrogen) atoms. The van der Waals surface area contributed by atoms with Gasteiger partial charge in [-0.25, -0.2) is 13.4 Å². The van der Waals surface area contributed by atoms with E-state index in [-0.39, 0.29) is 30.6 Å². The molecule has 2 aliphatic rings. The van der Waals surface area contributed by atoms with Gasteiger partial charge in [0.25, 0.3) is 5.56 Å². The van der Waals surface area contributed by atoms with Gasteiger partial charge in [-0.1, -0.05) is 30.3 Å². The van der Waals surface area contributed by atoms with Crippen LogP contribution in [0.3, 0.4) is 0 Å². The van der Waals surface area contributed by atoms with Crippen molar-refractivity contribution in [1.82, 2.24) is 19.2 Å². The zero-order valence-corrected chi connectivity index (χ0v) is 17.1. The number of carbonyl (C=O) groups excluding carboxylic acids is 1. The molecule has 1 saturated heterocycles. The molecule has 3 heterocycles. The maximum atomic E-state index is 12.9. The van der Waals surface area contributed by atoms with Crippen LogP contribution in [0, 0.1) is 0 Å². The zero-order chi connectivity index (χ0) is 20.6. The van der Waals surface area contributed by atoms with Crippen molar-refractivity contribution in [3.63, 3.8) is 0 Å². The number of H-pyrrole nitrogens is 1. The van der Waals surface area contributed by atoms with Crippen molar-refractivity contribution in [2.45, 2.75) is 38.3 Å². The van der Waals surface area contributed by atoms with Crippen LogP contribution in [0.15, 0.2) is 35.1 Å². The monoisotopic (exact) mass is 416 g/mol. The number of aromatic nitrogens is 2. The van der Waals surface area contributed by atoms with E-state index in [0.717, 1.165) is 24.7 Å². The van der Waals surface area contributed by atoms with Crippen LogP contribution in [0.2, 0.25) is 0 Å². The molecule has 1 aromatic carbocycles. The summed E-state index contributed by atoms with van der Waals surface area (Å²) in [5, 5.41) is 0. The van der Waals surface area contributed by atoms with E-state index in [4.69, 9.17) is 0 Å². The lowest BCUT2D eigenvalue weighted by atomic mass is 10.1. The average molecular weight is 417 g/mol. The molecule has 1 atom stereocenters. The van der Waals surface area contributed by atoms with Gasteiger partial charge < -0.3 is 9.88 Å². The molecule has 154 valence electrons. The summed E-state index contributed by atoms with van der Waals surface area (Å²) in [6.07, 6.45) is 3.35. The van der Waals surface area contributed by atoms with Crippen molar-refractivity contribution in [3.05, 3.63) is 63.3 Å². The van der Waals surface area contributed by atoms with Crippen LogP contribution >= 0.6 is 0 Å². The highest BCUT2D eigenvalue weighted by atomic mass is 32.2. The second-order valence-corrected chi connectivity index (χ2v) is 9.61. The molecule has 1 fully saturated rings. The van der Waals surface area contributed by atoms with Crippen molar-refractivity contribution in [2.24, 2.45) is 0 Å². The van der Waals surface area contributed by atoms with Crippen molar-refractivity contribution < 1.29 is 13.2 Å². The van der Waals surface area contributed by atoms with Crippen molar-refractivity contribution in [3.8, 4) is 0 Å². The number of carbonyl (C=O) groups is 1. The van der Waals surface area contributed by atoms with Crippen LogP contribution in [0.25, 0.3) is 0 Å². The summed E-state index contributed by atoms with van der Waals surface area (Å²) in [7, 11) is -3.36. The highest BCUT2D eigenvalue weighted by Crippen LogP contribution is 2.31. The van der Waals surface area contributed by atoms with Crippen molar-refractivity contribution >= 4 is 15.9 Å². The second-order valence-electron chi connectivity index (χ2n) is 7.63. The number of sulfonamides is 1. The van der Waals surface area contributed by atoms with Crippen LogP contribution in [0.5, 0.6) is 0 Å². The Morgan fingerprint density at radius 2 is 2.00 bits per heavy atom. The largest absolute Gasteiger partial charge is 0.332 e. The molecule has 1 amide bonds. The van der Waals surface area contributed by atoms with Gasteiger partial charge in [0.2, 0.25) is 15.9 Å². The molecule has 0 saturated carbocycles. The minimum atomic E-state index is -3.36. The summed E-state index contributed by atoms with van der Waals surface area (Å²) in [5.74, 6) is 0.444. The Morgan fingerprint density at radius 3 is 2.72 bits per heavy atom. The number of hydrogen-bond acceptors (Lipinski definition) is 5. The van der Waals surface area contributed by atoms with Gasteiger partial charge >= 0.3 is 0 Å². The van der Waals surface area contributed by atoms with Crippen LogP contribution in [-0.4, -0.2) is 52.8 Å². The number of rotatable bonds is 4. The standard InChI is InChI=1S/C20H24N4O4S/c1-29(27,28)23-11-9-15-16(13-23)21-19(22-20(15)26)17-8-5-10-24(17)18(25)12-14-6-3-2-4-7-14/h2-4,6-7,17H,5,8-13H2,1H3,(H,21,22,26)/t17-/m1/s1. The van der Waals surface area contributed by atoms with E-state index >= 15 is 0 Å². The predicted molar refractivity (Wildman–Crippen MR) is 108 cm³/mol. The topological polar surface area (TPSA) is 103 Å². The maximum absolute atomic E-state index is 12.9.